The first-order valence-electron chi connectivity index (χ1n) is 5.75. The molecule has 1 aliphatic heterocycles. The molecule has 1 aliphatic rings. The Morgan fingerprint density at radius 3 is 2.16 bits per heavy atom. The van der Waals surface area contributed by atoms with Crippen molar-refractivity contribution in [3.63, 3.8) is 0 Å². The van der Waals surface area contributed by atoms with Crippen LogP contribution in [0.5, 0.6) is 23.0 Å². The number of hydrogen-bond donors (Lipinski definition) is 4. The Morgan fingerprint density at radius 2 is 1.47 bits per heavy atom. The van der Waals surface area contributed by atoms with Crippen molar-refractivity contribution in [2.24, 2.45) is 0 Å². The van der Waals surface area contributed by atoms with Gasteiger partial charge in [-0.2, -0.15) is 0 Å². The van der Waals surface area contributed by atoms with Crippen LogP contribution in [0.2, 0.25) is 0 Å². The van der Waals surface area contributed by atoms with E-state index in [1.807, 2.05) is 0 Å². The Morgan fingerprint density at radius 1 is 0.789 bits per heavy atom. The van der Waals surface area contributed by atoms with Crippen molar-refractivity contribution in [3.8, 4) is 23.0 Å². The average Bonchev–Trinajstić information content (AvgIpc) is 3.15. The highest BCUT2D eigenvalue weighted by molar-refractivity contribution is 5.52. The normalized spacial score (nSPS) is 21.3. The molecule has 98 valence electrons. The van der Waals surface area contributed by atoms with E-state index in [0.29, 0.717) is 5.56 Å². The molecule has 0 radical (unpaired) electrons. The first kappa shape index (κ1) is 11.7. The number of rotatable bonds is 2. The monoisotopic (exact) mass is 260 g/mol. The molecular formula is C14H12O5. The molecule has 0 bridgehead atoms. The third-order valence-electron chi connectivity index (χ3n) is 3.12. The van der Waals surface area contributed by atoms with Crippen LogP contribution < -0.4 is 0 Å². The fourth-order valence-electron chi connectivity index (χ4n) is 2.11. The van der Waals surface area contributed by atoms with Crippen molar-refractivity contribution in [3.05, 3.63) is 47.5 Å². The van der Waals surface area contributed by atoms with Crippen LogP contribution in [-0.2, 0) is 4.74 Å². The summed E-state index contributed by atoms with van der Waals surface area (Å²) in [6.07, 6.45) is -0.671. The first-order valence-corrected chi connectivity index (χ1v) is 5.75. The lowest BCUT2D eigenvalue weighted by Gasteiger charge is -2.04. The SMILES string of the molecule is Oc1ccc(C2OC2c2cc(O)cc(O)c2O)cc1. The van der Waals surface area contributed by atoms with Crippen LogP contribution in [0.4, 0.5) is 0 Å². The van der Waals surface area contributed by atoms with Gasteiger partial charge in [-0.1, -0.05) is 12.1 Å². The molecule has 5 heteroatoms. The number of aromatic hydroxyl groups is 4. The highest BCUT2D eigenvalue weighted by atomic mass is 16.6. The van der Waals surface area contributed by atoms with Crippen molar-refractivity contribution in [1.29, 1.82) is 0 Å². The zero-order valence-electron chi connectivity index (χ0n) is 9.82. The lowest BCUT2D eigenvalue weighted by atomic mass is 10.0. The van der Waals surface area contributed by atoms with Gasteiger partial charge < -0.3 is 25.2 Å². The molecule has 0 saturated carbocycles. The van der Waals surface area contributed by atoms with Gasteiger partial charge in [0.25, 0.3) is 0 Å². The molecule has 1 fully saturated rings. The highest BCUT2D eigenvalue weighted by Gasteiger charge is 2.43. The van der Waals surface area contributed by atoms with E-state index in [2.05, 4.69) is 0 Å². The number of phenolic OH excluding ortho intramolecular Hbond substituents is 4. The van der Waals surface area contributed by atoms with Crippen molar-refractivity contribution in [2.45, 2.75) is 12.2 Å². The molecule has 2 atom stereocenters. The largest absolute Gasteiger partial charge is 0.508 e. The molecular weight excluding hydrogens is 248 g/mol. The Labute approximate surface area is 109 Å². The number of epoxide rings is 1. The quantitative estimate of drug-likeness (QED) is 0.378. The van der Waals surface area contributed by atoms with Gasteiger partial charge in [0.05, 0.1) is 0 Å². The number of hydrogen-bond acceptors (Lipinski definition) is 5. The van der Waals surface area contributed by atoms with E-state index in [4.69, 9.17) is 4.74 Å². The Kier molecular flexibility index (Phi) is 2.50. The second-order valence-electron chi connectivity index (χ2n) is 4.47. The van der Waals surface area contributed by atoms with Gasteiger partial charge in [-0.25, -0.2) is 0 Å². The van der Waals surface area contributed by atoms with Gasteiger partial charge in [-0.05, 0) is 23.8 Å². The molecule has 1 heterocycles. The topological polar surface area (TPSA) is 93.5 Å². The van der Waals surface area contributed by atoms with E-state index in [1.54, 1.807) is 24.3 Å². The minimum Gasteiger partial charge on any atom is -0.508 e. The molecule has 2 aromatic rings. The summed E-state index contributed by atoms with van der Waals surface area (Å²) in [7, 11) is 0. The predicted molar refractivity (Wildman–Crippen MR) is 66.1 cm³/mol. The maximum Gasteiger partial charge on any atom is 0.163 e. The maximum atomic E-state index is 9.76. The van der Waals surface area contributed by atoms with Crippen LogP contribution >= 0.6 is 0 Å². The maximum absolute atomic E-state index is 9.76. The summed E-state index contributed by atoms with van der Waals surface area (Å²) in [6.45, 7) is 0. The minimum absolute atomic E-state index is 0.134. The molecule has 0 spiro atoms. The summed E-state index contributed by atoms with van der Waals surface area (Å²) in [5.74, 6) is -0.636. The summed E-state index contributed by atoms with van der Waals surface area (Å²) in [4.78, 5) is 0. The van der Waals surface area contributed by atoms with E-state index in [-0.39, 0.29) is 29.1 Å². The van der Waals surface area contributed by atoms with Gasteiger partial charge >= 0.3 is 0 Å². The smallest absolute Gasteiger partial charge is 0.163 e. The van der Waals surface area contributed by atoms with Gasteiger partial charge in [-0.15, -0.1) is 0 Å². The summed E-state index contributed by atoms with van der Waals surface area (Å²) >= 11 is 0. The molecule has 0 amide bonds. The lowest BCUT2D eigenvalue weighted by molar-refractivity contribution is 0.359. The predicted octanol–water partition coefficient (Wildman–Crippen LogP) is 2.32. The van der Waals surface area contributed by atoms with Crippen LogP contribution in [0.3, 0.4) is 0 Å². The fraction of sp³-hybridized carbons (Fsp3) is 0.143. The van der Waals surface area contributed by atoms with Crippen molar-refractivity contribution in [1.82, 2.24) is 0 Å². The molecule has 19 heavy (non-hydrogen) atoms. The van der Waals surface area contributed by atoms with E-state index in [1.165, 1.54) is 6.07 Å². The third kappa shape index (κ3) is 2.04. The summed E-state index contributed by atoms with van der Waals surface area (Å²) < 4.78 is 5.46. The lowest BCUT2D eigenvalue weighted by Crippen LogP contribution is -1.86. The Hall–Kier alpha value is -2.40. The van der Waals surface area contributed by atoms with Gasteiger partial charge in [0.2, 0.25) is 0 Å². The summed E-state index contributed by atoms with van der Waals surface area (Å²) in [5, 5.41) is 37.9. The molecule has 4 N–H and O–H groups in total. The van der Waals surface area contributed by atoms with Crippen molar-refractivity contribution >= 4 is 0 Å². The van der Waals surface area contributed by atoms with Crippen molar-refractivity contribution in [2.75, 3.05) is 0 Å². The minimum atomic E-state index is -0.414. The standard InChI is InChI=1S/C14H12O5/c15-8-3-1-7(2-4-8)13-14(19-13)10-5-9(16)6-11(17)12(10)18/h1-6,13-18H. The number of phenols is 4. The van der Waals surface area contributed by atoms with Gasteiger partial charge in [0.15, 0.2) is 11.5 Å². The Balaban J connectivity index is 1.89. The van der Waals surface area contributed by atoms with Crippen LogP contribution in [0.25, 0.3) is 0 Å². The van der Waals surface area contributed by atoms with E-state index in [9.17, 15) is 20.4 Å². The second kappa shape index (κ2) is 4.07. The number of benzene rings is 2. The second-order valence-corrected chi connectivity index (χ2v) is 4.47. The van der Waals surface area contributed by atoms with Crippen LogP contribution in [0, 0.1) is 0 Å². The molecule has 2 unspecified atom stereocenters. The zero-order chi connectivity index (χ0) is 13.6. The van der Waals surface area contributed by atoms with E-state index >= 15 is 0 Å². The van der Waals surface area contributed by atoms with Crippen LogP contribution in [0.15, 0.2) is 36.4 Å². The van der Waals surface area contributed by atoms with Gasteiger partial charge in [0, 0.05) is 11.6 Å². The van der Waals surface area contributed by atoms with Crippen LogP contribution in [0.1, 0.15) is 23.3 Å². The van der Waals surface area contributed by atoms with Crippen molar-refractivity contribution < 1.29 is 25.2 Å². The van der Waals surface area contributed by atoms with Gasteiger partial charge in [0.1, 0.15) is 23.7 Å². The molecule has 0 aromatic heterocycles. The van der Waals surface area contributed by atoms with Crippen LogP contribution in [-0.4, -0.2) is 20.4 Å². The highest BCUT2D eigenvalue weighted by Crippen LogP contribution is 2.55. The first-order chi connectivity index (χ1) is 9.06. The molecule has 2 aromatic carbocycles. The van der Waals surface area contributed by atoms with Gasteiger partial charge in [-0.3, -0.25) is 0 Å². The average molecular weight is 260 g/mol. The Bertz CT molecular complexity index is 620. The number of ether oxygens (including phenoxy) is 1. The molecule has 5 nitrogen and oxygen atoms in total. The molecule has 3 rings (SSSR count). The fourth-order valence-corrected chi connectivity index (χ4v) is 2.11. The zero-order valence-corrected chi connectivity index (χ0v) is 9.82. The molecule has 1 saturated heterocycles. The third-order valence-corrected chi connectivity index (χ3v) is 3.12. The van der Waals surface area contributed by atoms with E-state index in [0.717, 1.165) is 11.6 Å². The van der Waals surface area contributed by atoms with E-state index < -0.39 is 6.10 Å². The molecule has 0 aliphatic carbocycles. The summed E-state index contributed by atoms with van der Waals surface area (Å²) in [5.41, 5.74) is 1.20. The summed E-state index contributed by atoms with van der Waals surface area (Å²) in [6, 6.07) is 8.97.